The lowest BCUT2D eigenvalue weighted by Crippen LogP contribution is -2.42. The predicted octanol–water partition coefficient (Wildman–Crippen LogP) is 6.61. The zero-order chi connectivity index (χ0) is 22.0. The number of ether oxygens (including phenoxy) is 1. The number of hydrogen-bond acceptors (Lipinski definition) is 3. The van der Waals surface area contributed by atoms with E-state index in [0.29, 0.717) is 6.04 Å². The molecule has 1 aliphatic rings. The fourth-order valence-corrected chi connectivity index (χ4v) is 4.77. The molecule has 4 heteroatoms. The third-order valence-corrected chi connectivity index (χ3v) is 6.48. The molecule has 1 amide bonds. The number of fused-ring (bicyclic) bond motifs is 1. The van der Waals surface area contributed by atoms with Crippen molar-refractivity contribution < 1.29 is 13.9 Å². The Morgan fingerprint density at radius 2 is 2.03 bits per heavy atom. The maximum Gasteiger partial charge on any atom is 0.247 e. The Morgan fingerprint density at radius 3 is 2.74 bits per heavy atom. The highest BCUT2D eigenvalue weighted by Crippen LogP contribution is 2.40. The summed E-state index contributed by atoms with van der Waals surface area (Å²) >= 11 is 0. The third-order valence-electron chi connectivity index (χ3n) is 6.48. The van der Waals surface area contributed by atoms with Crippen LogP contribution < -0.4 is 4.74 Å². The Kier molecular flexibility index (Phi) is 6.17. The van der Waals surface area contributed by atoms with E-state index in [-0.39, 0.29) is 5.91 Å². The standard InChI is InChI=1S/C27H31NO3/c1-5-21-13-9-10-14-28(21)25(29)15-18(2)22-16-23-24(20-11-7-6-8-12-20)17-31-27(23)19(3)26(22)30-4/h6-8,11-12,15-17,21H,5,9-10,13-14H2,1-4H3/b18-15+. The minimum atomic E-state index is 0.0966. The molecule has 2 heterocycles. The highest BCUT2D eigenvalue weighted by Gasteiger charge is 2.25. The lowest BCUT2D eigenvalue weighted by atomic mass is 9.96. The molecule has 0 N–H and O–H groups in total. The molecule has 1 atom stereocenters. The van der Waals surface area contributed by atoms with E-state index in [1.54, 1.807) is 19.4 Å². The molecule has 3 aromatic rings. The summed E-state index contributed by atoms with van der Waals surface area (Å²) in [6.45, 7) is 7.01. The smallest absolute Gasteiger partial charge is 0.247 e. The number of allylic oxidation sites excluding steroid dienone is 1. The number of rotatable bonds is 5. The molecule has 4 nitrogen and oxygen atoms in total. The molecule has 0 saturated carbocycles. The monoisotopic (exact) mass is 417 g/mol. The molecule has 0 bridgehead atoms. The highest BCUT2D eigenvalue weighted by atomic mass is 16.5. The number of likely N-dealkylation sites (tertiary alicyclic amines) is 1. The number of carbonyl (C=O) groups is 1. The van der Waals surface area contributed by atoms with Crippen LogP contribution in [0.2, 0.25) is 0 Å². The second-order valence-electron chi connectivity index (χ2n) is 8.39. The van der Waals surface area contributed by atoms with Crippen LogP contribution in [0.4, 0.5) is 0 Å². The number of nitrogens with zero attached hydrogens (tertiary/aromatic N) is 1. The van der Waals surface area contributed by atoms with Gasteiger partial charge in [0.05, 0.1) is 13.4 Å². The van der Waals surface area contributed by atoms with Gasteiger partial charge in [0.15, 0.2) is 0 Å². The number of piperidine rings is 1. The van der Waals surface area contributed by atoms with Crippen LogP contribution in [0.3, 0.4) is 0 Å². The van der Waals surface area contributed by atoms with Crippen LogP contribution in [0, 0.1) is 6.92 Å². The average molecular weight is 418 g/mol. The number of aryl methyl sites for hydroxylation is 1. The van der Waals surface area contributed by atoms with Gasteiger partial charge in [0.2, 0.25) is 5.91 Å². The second-order valence-corrected chi connectivity index (χ2v) is 8.39. The lowest BCUT2D eigenvalue weighted by molar-refractivity contribution is -0.129. The van der Waals surface area contributed by atoms with Crippen LogP contribution in [0.15, 0.2) is 53.2 Å². The van der Waals surface area contributed by atoms with Crippen molar-refractivity contribution in [1.82, 2.24) is 4.90 Å². The van der Waals surface area contributed by atoms with Gasteiger partial charge in [-0.15, -0.1) is 0 Å². The lowest BCUT2D eigenvalue weighted by Gasteiger charge is -2.34. The van der Waals surface area contributed by atoms with Gasteiger partial charge in [-0.1, -0.05) is 37.3 Å². The molecule has 162 valence electrons. The van der Waals surface area contributed by atoms with Crippen molar-refractivity contribution in [3.63, 3.8) is 0 Å². The Morgan fingerprint density at radius 1 is 1.26 bits per heavy atom. The maximum atomic E-state index is 13.1. The van der Waals surface area contributed by atoms with Crippen molar-refractivity contribution in [2.75, 3.05) is 13.7 Å². The summed E-state index contributed by atoms with van der Waals surface area (Å²) in [5.41, 5.74) is 5.76. The number of carbonyl (C=O) groups excluding carboxylic acids is 1. The van der Waals surface area contributed by atoms with Gasteiger partial charge in [0.25, 0.3) is 0 Å². The Bertz CT molecular complexity index is 1110. The summed E-state index contributed by atoms with van der Waals surface area (Å²) in [5, 5.41) is 1.03. The van der Waals surface area contributed by atoms with Crippen LogP contribution in [-0.4, -0.2) is 30.5 Å². The van der Waals surface area contributed by atoms with Crippen molar-refractivity contribution in [2.45, 2.75) is 52.5 Å². The zero-order valence-corrected chi connectivity index (χ0v) is 18.9. The molecule has 1 aromatic heterocycles. The molecule has 0 radical (unpaired) electrons. The first-order chi connectivity index (χ1) is 15.0. The SMILES string of the molecule is CCC1CCCCN1C(=O)/C=C(\C)c1cc2c(-c3ccccc3)coc2c(C)c1OC. The van der Waals surface area contributed by atoms with Gasteiger partial charge in [-0.2, -0.15) is 0 Å². The van der Waals surface area contributed by atoms with Crippen molar-refractivity contribution in [3.05, 3.63) is 59.9 Å². The van der Waals surface area contributed by atoms with E-state index in [1.807, 2.05) is 36.9 Å². The van der Waals surface area contributed by atoms with Gasteiger partial charge in [-0.3, -0.25) is 4.79 Å². The molecule has 1 saturated heterocycles. The van der Waals surface area contributed by atoms with Crippen LogP contribution in [0.1, 0.15) is 50.7 Å². The molecule has 2 aromatic carbocycles. The Hall–Kier alpha value is -3.01. The quantitative estimate of drug-likeness (QED) is 0.439. The van der Waals surface area contributed by atoms with Crippen molar-refractivity contribution in [2.24, 2.45) is 0 Å². The summed E-state index contributed by atoms with van der Waals surface area (Å²) in [5.74, 6) is 0.855. The summed E-state index contributed by atoms with van der Waals surface area (Å²) < 4.78 is 11.7. The van der Waals surface area contributed by atoms with Gasteiger partial charge in [0.1, 0.15) is 11.3 Å². The first-order valence-electron chi connectivity index (χ1n) is 11.2. The van der Waals surface area contributed by atoms with Gasteiger partial charge in [-0.05, 0) is 56.7 Å². The fraction of sp³-hybridized carbons (Fsp3) is 0.370. The molecule has 1 aliphatic heterocycles. The van der Waals surface area contributed by atoms with E-state index in [2.05, 4.69) is 25.1 Å². The van der Waals surface area contributed by atoms with Crippen LogP contribution in [0.5, 0.6) is 5.75 Å². The number of hydrogen-bond donors (Lipinski definition) is 0. The summed E-state index contributed by atoms with van der Waals surface area (Å²) in [7, 11) is 1.67. The molecule has 4 rings (SSSR count). The minimum Gasteiger partial charge on any atom is -0.496 e. The zero-order valence-electron chi connectivity index (χ0n) is 18.9. The predicted molar refractivity (Wildman–Crippen MR) is 126 cm³/mol. The Labute approximate surface area is 184 Å². The first kappa shape index (κ1) is 21.2. The van der Waals surface area contributed by atoms with E-state index in [0.717, 1.165) is 70.4 Å². The number of methoxy groups -OCH3 is 1. The normalized spacial score (nSPS) is 17.2. The van der Waals surface area contributed by atoms with Gasteiger partial charge >= 0.3 is 0 Å². The van der Waals surface area contributed by atoms with Crippen LogP contribution >= 0.6 is 0 Å². The summed E-state index contributed by atoms with van der Waals surface area (Å²) in [6.07, 6.45) is 7.97. The summed E-state index contributed by atoms with van der Waals surface area (Å²) in [4.78, 5) is 15.2. The van der Waals surface area contributed by atoms with Crippen LogP contribution in [-0.2, 0) is 4.79 Å². The second kappa shape index (κ2) is 9.01. The molecule has 1 fully saturated rings. The van der Waals surface area contributed by atoms with Crippen LogP contribution in [0.25, 0.3) is 27.7 Å². The molecule has 0 spiro atoms. The molecule has 31 heavy (non-hydrogen) atoms. The van der Waals surface area contributed by atoms with Crippen molar-refractivity contribution in [3.8, 4) is 16.9 Å². The minimum absolute atomic E-state index is 0.0966. The van der Waals surface area contributed by atoms with Crippen molar-refractivity contribution >= 4 is 22.4 Å². The van der Waals surface area contributed by atoms with Gasteiger partial charge in [0, 0.05) is 40.7 Å². The van der Waals surface area contributed by atoms with Gasteiger partial charge in [-0.25, -0.2) is 0 Å². The number of benzene rings is 2. The average Bonchev–Trinajstić information content (AvgIpc) is 3.23. The van der Waals surface area contributed by atoms with E-state index in [4.69, 9.17) is 9.15 Å². The first-order valence-corrected chi connectivity index (χ1v) is 11.2. The van der Waals surface area contributed by atoms with E-state index < -0.39 is 0 Å². The molecule has 0 aliphatic carbocycles. The molecular weight excluding hydrogens is 386 g/mol. The fourth-order valence-electron chi connectivity index (χ4n) is 4.77. The van der Waals surface area contributed by atoms with E-state index >= 15 is 0 Å². The van der Waals surface area contributed by atoms with E-state index in [1.165, 1.54) is 6.42 Å². The van der Waals surface area contributed by atoms with E-state index in [9.17, 15) is 4.79 Å². The number of furan rings is 1. The van der Waals surface area contributed by atoms with Gasteiger partial charge < -0.3 is 14.1 Å². The third kappa shape index (κ3) is 3.99. The topological polar surface area (TPSA) is 42.7 Å². The molecular formula is C27H31NO3. The largest absolute Gasteiger partial charge is 0.496 e. The number of amides is 1. The van der Waals surface area contributed by atoms with Crippen molar-refractivity contribution in [1.29, 1.82) is 0 Å². The molecule has 1 unspecified atom stereocenters. The summed E-state index contributed by atoms with van der Waals surface area (Å²) in [6, 6.07) is 12.7. The maximum absolute atomic E-state index is 13.1. The highest BCUT2D eigenvalue weighted by molar-refractivity contribution is 6.01. The Balaban J connectivity index is 1.78.